The van der Waals surface area contributed by atoms with E-state index in [0.717, 1.165) is 11.3 Å². The number of sulfone groups is 1. The second kappa shape index (κ2) is 7.17. The van der Waals surface area contributed by atoms with E-state index in [-0.39, 0.29) is 17.0 Å². The quantitative estimate of drug-likeness (QED) is 0.832. The van der Waals surface area contributed by atoms with Gasteiger partial charge in [0, 0.05) is 28.9 Å². The van der Waals surface area contributed by atoms with E-state index < -0.39 is 9.84 Å². The zero-order chi connectivity index (χ0) is 14.5. The first kappa shape index (κ1) is 16.3. The van der Waals surface area contributed by atoms with Crippen LogP contribution in [0.3, 0.4) is 0 Å². The largest absolute Gasteiger partial charge is 0.496 e. The van der Waals surface area contributed by atoms with Crippen LogP contribution in [-0.4, -0.2) is 39.3 Å². The van der Waals surface area contributed by atoms with E-state index in [1.54, 1.807) is 18.9 Å². The summed E-state index contributed by atoms with van der Waals surface area (Å²) in [5.41, 5.74) is 7.03. The number of nitrogens with two attached hydrogens (primary N) is 1. The van der Waals surface area contributed by atoms with E-state index in [2.05, 4.69) is 0 Å². The van der Waals surface area contributed by atoms with Gasteiger partial charge in [-0.1, -0.05) is 18.2 Å². The average molecular weight is 303 g/mol. The summed E-state index contributed by atoms with van der Waals surface area (Å²) >= 11 is 1.55. The lowest BCUT2D eigenvalue weighted by Crippen LogP contribution is -2.24. The molecule has 0 amide bonds. The van der Waals surface area contributed by atoms with Gasteiger partial charge in [0.05, 0.1) is 12.9 Å². The summed E-state index contributed by atoms with van der Waals surface area (Å²) in [7, 11) is -1.31. The van der Waals surface area contributed by atoms with E-state index in [1.165, 1.54) is 6.26 Å². The van der Waals surface area contributed by atoms with E-state index >= 15 is 0 Å². The van der Waals surface area contributed by atoms with Crippen LogP contribution in [0.25, 0.3) is 0 Å². The zero-order valence-electron chi connectivity index (χ0n) is 11.5. The highest BCUT2D eigenvalue weighted by Crippen LogP contribution is 2.36. The smallest absolute Gasteiger partial charge is 0.148 e. The minimum atomic E-state index is -2.94. The van der Waals surface area contributed by atoms with Crippen LogP contribution in [0.2, 0.25) is 0 Å². The standard InChI is InChI=1S/C13H21NO3S2/c1-10(14)13(18-8-9-19(3,15)16)11-6-4-5-7-12(11)17-2/h4-7,10,13H,8-9,14H2,1-3H3. The molecule has 0 saturated heterocycles. The number of benzene rings is 1. The van der Waals surface area contributed by atoms with Crippen LogP contribution in [0.1, 0.15) is 17.7 Å². The van der Waals surface area contributed by atoms with Gasteiger partial charge in [-0.3, -0.25) is 0 Å². The van der Waals surface area contributed by atoms with Crippen molar-refractivity contribution in [3.63, 3.8) is 0 Å². The zero-order valence-corrected chi connectivity index (χ0v) is 13.1. The molecule has 0 fully saturated rings. The molecule has 0 bridgehead atoms. The molecule has 19 heavy (non-hydrogen) atoms. The highest BCUT2D eigenvalue weighted by molar-refractivity contribution is 8.00. The molecule has 2 unspecified atom stereocenters. The average Bonchev–Trinajstić information content (AvgIpc) is 2.33. The molecular formula is C13H21NO3S2. The van der Waals surface area contributed by atoms with Crippen molar-refractivity contribution < 1.29 is 13.2 Å². The fourth-order valence-electron chi connectivity index (χ4n) is 1.75. The first-order valence-corrected chi connectivity index (χ1v) is 9.14. The highest BCUT2D eigenvalue weighted by Gasteiger charge is 2.20. The van der Waals surface area contributed by atoms with E-state index in [1.807, 2.05) is 31.2 Å². The summed E-state index contributed by atoms with van der Waals surface area (Å²) in [6.07, 6.45) is 1.25. The maximum atomic E-state index is 11.2. The number of hydrogen-bond donors (Lipinski definition) is 1. The van der Waals surface area contributed by atoms with Crippen molar-refractivity contribution in [2.45, 2.75) is 18.2 Å². The van der Waals surface area contributed by atoms with Crippen LogP contribution in [0, 0.1) is 0 Å². The van der Waals surface area contributed by atoms with Crippen LogP contribution in [-0.2, 0) is 9.84 Å². The molecule has 1 aromatic carbocycles. The third-order valence-corrected chi connectivity index (χ3v) is 5.36. The fourth-order valence-corrected chi connectivity index (χ4v) is 4.28. The monoisotopic (exact) mass is 303 g/mol. The number of methoxy groups -OCH3 is 1. The van der Waals surface area contributed by atoms with Crippen molar-refractivity contribution in [2.75, 3.05) is 24.9 Å². The molecule has 0 aliphatic heterocycles. The van der Waals surface area contributed by atoms with Crippen molar-refractivity contribution in [3.05, 3.63) is 29.8 Å². The van der Waals surface area contributed by atoms with Crippen LogP contribution in [0.5, 0.6) is 5.75 Å². The Morgan fingerprint density at radius 3 is 2.53 bits per heavy atom. The van der Waals surface area contributed by atoms with Gasteiger partial charge in [-0.05, 0) is 13.0 Å². The van der Waals surface area contributed by atoms with Gasteiger partial charge in [-0.15, -0.1) is 0 Å². The Hall–Kier alpha value is -0.720. The molecule has 108 valence electrons. The molecule has 0 aliphatic carbocycles. The van der Waals surface area contributed by atoms with Crippen LogP contribution in [0.15, 0.2) is 24.3 Å². The SMILES string of the molecule is COc1ccccc1C(SCCS(C)(=O)=O)C(C)N. The lowest BCUT2D eigenvalue weighted by molar-refractivity contribution is 0.408. The minimum Gasteiger partial charge on any atom is -0.496 e. The molecule has 0 aliphatic rings. The number of hydrogen-bond acceptors (Lipinski definition) is 5. The molecule has 0 saturated carbocycles. The lowest BCUT2D eigenvalue weighted by atomic mass is 10.1. The van der Waals surface area contributed by atoms with E-state index in [4.69, 9.17) is 10.5 Å². The lowest BCUT2D eigenvalue weighted by Gasteiger charge is -2.22. The van der Waals surface area contributed by atoms with Crippen molar-refractivity contribution in [1.82, 2.24) is 0 Å². The predicted molar refractivity (Wildman–Crippen MR) is 81.6 cm³/mol. The Balaban J connectivity index is 2.83. The number of rotatable bonds is 7. The van der Waals surface area contributed by atoms with Crippen LogP contribution >= 0.6 is 11.8 Å². The van der Waals surface area contributed by atoms with Crippen molar-refractivity contribution in [1.29, 1.82) is 0 Å². The summed E-state index contributed by atoms with van der Waals surface area (Å²) in [5, 5.41) is 0.0258. The summed E-state index contributed by atoms with van der Waals surface area (Å²) in [4.78, 5) is 0. The molecule has 0 radical (unpaired) electrons. The molecule has 2 atom stereocenters. The Bertz CT molecular complexity index is 500. The first-order chi connectivity index (χ1) is 8.85. The van der Waals surface area contributed by atoms with Crippen molar-refractivity contribution in [2.24, 2.45) is 5.73 Å². The van der Waals surface area contributed by atoms with Gasteiger partial charge in [-0.2, -0.15) is 11.8 Å². The van der Waals surface area contributed by atoms with Crippen molar-refractivity contribution in [3.8, 4) is 5.75 Å². The Morgan fingerprint density at radius 2 is 2.00 bits per heavy atom. The Kier molecular flexibility index (Phi) is 6.16. The van der Waals surface area contributed by atoms with Gasteiger partial charge in [0.25, 0.3) is 0 Å². The topological polar surface area (TPSA) is 69.4 Å². The number of para-hydroxylation sites is 1. The predicted octanol–water partition coefficient (Wildman–Crippen LogP) is 1.86. The molecule has 1 aromatic rings. The summed E-state index contributed by atoms with van der Waals surface area (Å²) in [6.45, 7) is 1.92. The normalized spacial score (nSPS) is 14.9. The molecule has 4 nitrogen and oxygen atoms in total. The third kappa shape index (κ3) is 5.42. The Labute approximate surface area is 119 Å². The summed E-state index contributed by atoms with van der Waals surface area (Å²) < 4.78 is 27.7. The molecule has 6 heteroatoms. The molecular weight excluding hydrogens is 282 g/mol. The molecule has 1 rings (SSSR count). The second-order valence-electron chi connectivity index (χ2n) is 4.52. The van der Waals surface area contributed by atoms with Gasteiger partial charge >= 0.3 is 0 Å². The maximum Gasteiger partial charge on any atom is 0.148 e. The fraction of sp³-hybridized carbons (Fsp3) is 0.538. The van der Waals surface area contributed by atoms with Crippen LogP contribution in [0.4, 0.5) is 0 Å². The molecule has 2 N–H and O–H groups in total. The van der Waals surface area contributed by atoms with Gasteiger partial charge in [0.15, 0.2) is 0 Å². The van der Waals surface area contributed by atoms with Gasteiger partial charge in [0.1, 0.15) is 15.6 Å². The third-order valence-electron chi connectivity index (χ3n) is 2.67. The number of ether oxygens (including phenoxy) is 1. The van der Waals surface area contributed by atoms with E-state index in [0.29, 0.717) is 5.75 Å². The first-order valence-electron chi connectivity index (χ1n) is 6.03. The van der Waals surface area contributed by atoms with E-state index in [9.17, 15) is 8.42 Å². The second-order valence-corrected chi connectivity index (χ2v) is 8.03. The summed E-state index contributed by atoms with van der Waals surface area (Å²) in [5.74, 6) is 1.48. The van der Waals surface area contributed by atoms with Crippen LogP contribution < -0.4 is 10.5 Å². The number of thioether (sulfide) groups is 1. The van der Waals surface area contributed by atoms with Gasteiger partial charge in [-0.25, -0.2) is 8.42 Å². The minimum absolute atomic E-state index is 0.0258. The summed E-state index contributed by atoms with van der Waals surface area (Å²) in [6, 6.07) is 7.62. The molecule has 0 spiro atoms. The van der Waals surface area contributed by atoms with Crippen molar-refractivity contribution >= 4 is 21.6 Å². The van der Waals surface area contributed by atoms with Gasteiger partial charge in [0.2, 0.25) is 0 Å². The Morgan fingerprint density at radius 1 is 1.37 bits per heavy atom. The molecule has 0 heterocycles. The maximum absolute atomic E-state index is 11.2. The van der Waals surface area contributed by atoms with Gasteiger partial charge < -0.3 is 10.5 Å². The molecule has 0 aromatic heterocycles. The highest BCUT2D eigenvalue weighted by atomic mass is 32.2.